The first kappa shape index (κ1) is 68.0. The van der Waals surface area contributed by atoms with Crippen LogP contribution in [0.4, 0.5) is 0 Å². The van der Waals surface area contributed by atoms with E-state index < -0.39 is 26.5 Å². The molecule has 0 aromatic rings. The van der Waals surface area contributed by atoms with E-state index in [1.165, 1.54) is 250 Å². The quantitative estimate of drug-likeness (QED) is 0.0256. The van der Waals surface area contributed by atoms with Gasteiger partial charge in [-0.1, -0.05) is 290 Å². The summed E-state index contributed by atoms with van der Waals surface area (Å²) in [4.78, 5) is 37.7. The standard InChI is InChI=1S/C59H118NO8P/c1-6-8-10-12-14-16-18-19-20-21-22-23-24-25-26-27-28-29-30-31-32-33-34-35-36-37-38-39-40-41-42-44-46-48-50-52-59(62)68-57(56-67-69(63,64)66-54-53-60(3,4)5)55-65-58(61)51-49-47-45-43-17-15-13-11-9-7-2/h57H,6-56H2,1-5H3. The van der Waals surface area contributed by atoms with Gasteiger partial charge < -0.3 is 27.9 Å². The molecule has 0 fully saturated rings. The molecule has 2 unspecified atom stereocenters. The molecule has 0 spiro atoms. The highest BCUT2D eigenvalue weighted by Crippen LogP contribution is 2.38. The second-order valence-corrected chi connectivity index (χ2v) is 23.5. The number of ether oxygens (including phenoxy) is 2. The van der Waals surface area contributed by atoms with Crippen LogP contribution in [0.2, 0.25) is 0 Å². The van der Waals surface area contributed by atoms with Crippen molar-refractivity contribution < 1.29 is 42.1 Å². The van der Waals surface area contributed by atoms with Gasteiger partial charge in [-0.15, -0.1) is 0 Å². The lowest BCUT2D eigenvalue weighted by Gasteiger charge is -2.28. The minimum atomic E-state index is -4.62. The van der Waals surface area contributed by atoms with Crippen LogP contribution in [-0.2, 0) is 32.7 Å². The highest BCUT2D eigenvalue weighted by atomic mass is 31.2. The normalized spacial score (nSPS) is 13.2. The second kappa shape index (κ2) is 51.9. The van der Waals surface area contributed by atoms with Gasteiger partial charge in [-0.25, -0.2) is 0 Å². The highest BCUT2D eigenvalue weighted by Gasteiger charge is 2.22. The molecule has 0 saturated carbocycles. The Morgan fingerprint density at radius 2 is 0.652 bits per heavy atom. The summed E-state index contributed by atoms with van der Waals surface area (Å²) >= 11 is 0. The van der Waals surface area contributed by atoms with Crippen molar-refractivity contribution in [3.63, 3.8) is 0 Å². The molecule has 0 amide bonds. The van der Waals surface area contributed by atoms with E-state index in [9.17, 15) is 19.0 Å². The fraction of sp³-hybridized carbons (Fsp3) is 0.966. The molecule has 0 radical (unpaired) electrons. The highest BCUT2D eigenvalue weighted by molar-refractivity contribution is 7.45. The van der Waals surface area contributed by atoms with Crippen LogP contribution in [0.1, 0.15) is 316 Å². The predicted molar refractivity (Wildman–Crippen MR) is 292 cm³/mol. The number of nitrogens with zero attached hydrogens (tertiary/aromatic N) is 1. The molecule has 0 aromatic carbocycles. The minimum absolute atomic E-state index is 0.0255. The zero-order valence-corrected chi connectivity index (χ0v) is 47.7. The second-order valence-electron chi connectivity index (χ2n) is 22.1. The molecule has 0 aliphatic heterocycles. The van der Waals surface area contributed by atoms with Gasteiger partial charge in [0.1, 0.15) is 19.8 Å². The van der Waals surface area contributed by atoms with Gasteiger partial charge in [0.15, 0.2) is 6.10 Å². The van der Waals surface area contributed by atoms with Crippen molar-refractivity contribution in [1.82, 2.24) is 0 Å². The summed E-state index contributed by atoms with van der Waals surface area (Å²) in [5, 5.41) is 0. The van der Waals surface area contributed by atoms with E-state index in [1.807, 2.05) is 21.1 Å². The van der Waals surface area contributed by atoms with Crippen LogP contribution in [0.15, 0.2) is 0 Å². The van der Waals surface area contributed by atoms with Gasteiger partial charge in [0.25, 0.3) is 7.82 Å². The van der Waals surface area contributed by atoms with E-state index in [0.717, 1.165) is 32.1 Å². The number of hydrogen-bond acceptors (Lipinski definition) is 8. The average Bonchev–Trinajstić information content (AvgIpc) is 3.31. The fourth-order valence-corrected chi connectivity index (χ4v) is 9.92. The predicted octanol–water partition coefficient (Wildman–Crippen LogP) is 18.0. The Labute approximate surface area is 429 Å². The fourth-order valence-electron chi connectivity index (χ4n) is 9.19. The Morgan fingerprint density at radius 3 is 0.928 bits per heavy atom. The van der Waals surface area contributed by atoms with Crippen molar-refractivity contribution >= 4 is 19.8 Å². The molecule has 0 rings (SSSR count). The summed E-state index contributed by atoms with van der Waals surface area (Å²) in [6.07, 6.45) is 59.1. The third-order valence-electron chi connectivity index (χ3n) is 13.9. The largest absolute Gasteiger partial charge is 0.756 e. The number of carbonyl (C=O) groups is 2. The maximum absolute atomic E-state index is 12.8. The van der Waals surface area contributed by atoms with Crippen LogP contribution in [0, 0.1) is 0 Å². The Bertz CT molecular complexity index is 1130. The maximum Gasteiger partial charge on any atom is 0.306 e. The molecule has 69 heavy (non-hydrogen) atoms. The molecule has 9 nitrogen and oxygen atoms in total. The Morgan fingerprint density at radius 1 is 0.391 bits per heavy atom. The number of unbranched alkanes of at least 4 members (excludes halogenated alkanes) is 43. The SMILES string of the molecule is CCCCCCCCCCCCCCCCCCCCCCCCCCCCCCCCCCCCCC(=O)OC(COC(=O)CCCCCCCCCCCC)COP(=O)([O-])OCC[N+](C)(C)C. The molecule has 0 saturated heterocycles. The summed E-state index contributed by atoms with van der Waals surface area (Å²) in [7, 11) is 1.19. The van der Waals surface area contributed by atoms with Crippen molar-refractivity contribution in [1.29, 1.82) is 0 Å². The van der Waals surface area contributed by atoms with Crippen LogP contribution in [-0.4, -0.2) is 70.0 Å². The summed E-state index contributed by atoms with van der Waals surface area (Å²) in [5.41, 5.74) is 0. The van der Waals surface area contributed by atoms with Crippen LogP contribution in [0.5, 0.6) is 0 Å². The Hall–Kier alpha value is -0.990. The van der Waals surface area contributed by atoms with Crippen LogP contribution >= 0.6 is 7.82 Å². The van der Waals surface area contributed by atoms with Gasteiger partial charge in [-0.3, -0.25) is 14.2 Å². The molecule has 412 valence electrons. The zero-order chi connectivity index (χ0) is 50.6. The lowest BCUT2D eigenvalue weighted by Crippen LogP contribution is -2.37. The molecular weight excluding hydrogens is 882 g/mol. The van der Waals surface area contributed by atoms with Crippen molar-refractivity contribution in [2.24, 2.45) is 0 Å². The number of hydrogen-bond donors (Lipinski definition) is 0. The Balaban J connectivity index is 3.84. The number of phosphoric ester groups is 1. The summed E-state index contributed by atoms with van der Waals surface area (Å²) in [6, 6.07) is 0. The van der Waals surface area contributed by atoms with Crippen LogP contribution in [0.3, 0.4) is 0 Å². The van der Waals surface area contributed by atoms with Gasteiger partial charge in [-0.05, 0) is 12.8 Å². The van der Waals surface area contributed by atoms with Crippen molar-refractivity contribution in [3.05, 3.63) is 0 Å². The van der Waals surface area contributed by atoms with E-state index in [2.05, 4.69) is 13.8 Å². The van der Waals surface area contributed by atoms with Gasteiger partial charge in [0.2, 0.25) is 0 Å². The number of phosphoric acid groups is 1. The van der Waals surface area contributed by atoms with E-state index in [0.29, 0.717) is 17.4 Å². The maximum atomic E-state index is 12.8. The van der Waals surface area contributed by atoms with Gasteiger partial charge in [0, 0.05) is 12.8 Å². The summed E-state index contributed by atoms with van der Waals surface area (Å²) < 4.78 is 34.0. The number of esters is 2. The zero-order valence-electron chi connectivity index (χ0n) is 46.8. The van der Waals surface area contributed by atoms with E-state index in [-0.39, 0.29) is 32.0 Å². The van der Waals surface area contributed by atoms with Gasteiger partial charge in [0.05, 0.1) is 27.7 Å². The molecule has 0 aliphatic rings. The van der Waals surface area contributed by atoms with E-state index in [4.69, 9.17) is 18.5 Å². The lowest BCUT2D eigenvalue weighted by molar-refractivity contribution is -0.870. The average molecular weight is 1000 g/mol. The van der Waals surface area contributed by atoms with Crippen LogP contribution < -0.4 is 4.89 Å². The molecule has 0 bridgehead atoms. The van der Waals surface area contributed by atoms with Crippen molar-refractivity contribution in [3.8, 4) is 0 Å². The monoisotopic (exact) mass is 1000 g/mol. The molecule has 0 heterocycles. The summed E-state index contributed by atoms with van der Waals surface area (Å²) in [5.74, 6) is -0.816. The summed E-state index contributed by atoms with van der Waals surface area (Å²) in [6.45, 7) is 4.28. The number of likely N-dealkylation sites (N-methyl/N-ethyl adjacent to an activating group) is 1. The third-order valence-corrected chi connectivity index (χ3v) is 14.8. The third kappa shape index (κ3) is 56.2. The van der Waals surface area contributed by atoms with Gasteiger partial charge in [-0.2, -0.15) is 0 Å². The molecule has 0 aliphatic carbocycles. The minimum Gasteiger partial charge on any atom is -0.756 e. The Kier molecular flexibility index (Phi) is 51.1. The number of quaternary nitrogens is 1. The first-order valence-electron chi connectivity index (χ1n) is 30.2. The lowest BCUT2D eigenvalue weighted by atomic mass is 10.0. The molecule has 10 heteroatoms. The first-order valence-corrected chi connectivity index (χ1v) is 31.7. The molecule has 0 aromatic heterocycles. The van der Waals surface area contributed by atoms with Gasteiger partial charge >= 0.3 is 11.9 Å². The number of carbonyl (C=O) groups excluding carboxylic acids is 2. The molecule has 0 N–H and O–H groups in total. The first-order chi connectivity index (χ1) is 33.5. The topological polar surface area (TPSA) is 111 Å². The van der Waals surface area contributed by atoms with Crippen molar-refractivity contribution in [2.75, 3.05) is 47.5 Å². The molecular formula is C59H118NO8P. The van der Waals surface area contributed by atoms with Crippen molar-refractivity contribution in [2.45, 2.75) is 322 Å². The molecule has 2 atom stereocenters. The smallest absolute Gasteiger partial charge is 0.306 e. The van der Waals surface area contributed by atoms with E-state index in [1.54, 1.807) is 0 Å². The number of rotatable bonds is 57. The van der Waals surface area contributed by atoms with Crippen LogP contribution in [0.25, 0.3) is 0 Å². The van der Waals surface area contributed by atoms with E-state index >= 15 is 0 Å².